The van der Waals surface area contributed by atoms with Crippen LogP contribution >= 0.6 is 0 Å². The summed E-state index contributed by atoms with van der Waals surface area (Å²) in [6, 6.07) is 12.8. The van der Waals surface area contributed by atoms with E-state index in [4.69, 9.17) is 9.47 Å². The van der Waals surface area contributed by atoms with Crippen molar-refractivity contribution >= 4 is 23.3 Å². The first kappa shape index (κ1) is 22.1. The summed E-state index contributed by atoms with van der Waals surface area (Å²) in [6.45, 7) is 2.67. The number of carbonyl (C=O) groups is 2. The Hall–Kier alpha value is -4.14. The summed E-state index contributed by atoms with van der Waals surface area (Å²) < 4.78 is 11.0. The standard InChI is InChI=1S/C24H25N5O4/c1-14(17-6-4-16(24(31)25-2)9-20(17)32-3)11-26-22-10-19(27-13-28-22)15-5-7-18-21(8-15)33-12-23(30)29-18/h4-10,13-14H,11-12H2,1-3H3,(H,25,31)(H,29,30)(H,26,27,28). The number of ether oxygens (including phenoxy) is 2. The minimum Gasteiger partial charge on any atom is -0.496 e. The summed E-state index contributed by atoms with van der Waals surface area (Å²) in [6.07, 6.45) is 1.50. The van der Waals surface area contributed by atoms with E-state index in [1.807, 2.05) is 24.3 Å². The molecule has 0 fully saturated rings. The topological polar surface area (TPSA) is 114 Å². The van der Waals surface area contributed by atoms with E-state index >= 15 is 0 Å². The molecule has 0 spiro atoms. The maximum Gasteiger partial charge on any atom is 0.262 e. The Balaban J connectivity index is 1.47. The molecule has 1 atom stereocenters. The van der Waals surface area contributed by atoms with Crippen LogP contribution in [-0.2, 0) is 4.79 Å². The molecule has 1 aliphatic rings. The second-order valence-electron chi connectivity index (χ2n) is 7.65. The van der Waals surface area contributed by atoms with Crippen molar-refractivity contribution in [2.75, 3.05) is 37.9 Å². The predicted octanol–water partition coefficient (Wildman–Crippen LogP) is 3.06. The number of fused-ring (bicyclic) bond motifs is 1. The van der Waals surface area contributed by atoms with Gasteiger partial charge in [0.05, 0.1) is 18.5 Å². The maximum atomic E-state index is 11.9. The smallest absolute Gasteiger partial charge is 0.262 e. The van der Waals surface area contributed by atoms with Crippen LogP contribution in [0.15, 0.2) is 48.8 Å². The highest BCUT2D eigenvalue weighted by atomic mass is 16.5. The van der Waals surface area contributed by atoms with Gasteiger partial charge in [0.1, 0.15) is 23.6 Å². The molecule has 2 heterocycles. The number of nitrogens with one attached hydrogen (secondary N) is 3. The maximum absolute atomic E-state index is 11.9. The van der Waals surface area contributed by atoms with E-state index in [0.717, 1.165) is 16.8 Å². The van der Waals surface area contributed by atoms with Crippen LogP contribution in [0.2, 0.25) is 0 Å². The van der Waals surface area contributed by atoms with Crippen molar-refractivity contribution in [2.24, 2.45) is 0 Å². The second-order valence-corrected chi connectivity index (χ2v) is 7.65. The van der Waals surface area contributed by atoms with Crippen molar-refractivity contribution in [3.05, 3.63) is 59.9 Å². The molecule has 3 aromatic rings. The minimum atomic E-state index is -0.169. The number of hydrogen-bond acceptors (Lipinski definition) is 7. The fraction of sp³-hybridized carbons (Fsp3) is 0.250. The fourth-order valence-corrected chi connectivity index (χ4v) is 3.62. The molecule has 0 saturated carbocycles. The lowest BCUT2D eigenvalue weighted by atomic mass is 9.98. The third kappa shape index (κ3) is 4.87. The molecular weight excluding hydrogens is 422 g/mol. The van der Waals surface area contributed by atoms with Crippen LogP contribution in [0.4, 0.5) is 11.5 Å². The number of benzene rings is 2. The van der Waals surface area contributed by atoms with Gasteiger partial charge in [-0.15, -0.1) is 0 Å². The molecule has 0 radical (unpaired) electrons. The number of anilines is 2. The van der Waals surface area contributed by atoms with Crippen LogP contribution in [0, 0.1) is 0 Å². The molecule has 2 aromatic carbocycles. The zero-order valence-electron chi connectivity index (χ0n) is 18.6. The quantitative estimate of drug-likeness (QED) is 0.510. The Labute approximate surface area is 191 Å². The van der Waals surface area contributed by atoms with E-state index in [-0.39, 0.29) is 24.3 Å². The summed E-state index contributed by atoms with van der Waals surface area (Å²) in [5.74, 6) is 1.72. The molecule has 9 nitrogen and oxygen atoms in total. The number of hydrogen-bond donors (Lipinski definition) is 3. The summed E-state index contributed by atoms with van der Waals surface area (Å²) in [4.78, 5) is 32.1. The van der Waals surface area contributed by atoms with Gasteiger partial charge in [0, 0.05) is 36.7 Å². The van der Waals surface area contributed by atoms with Crippen LogP contribution in [0.25, 0.3) is 11.3 Å². The van der Waals surface area contributed by atoms with Gasteiger partial charge in [-0.25, -0.2) is 9.97 Å². The van der Waals surface area contributed by atoms with Gasteiger partial charge < -0.3 is 25.4 Å². The number of methoxy groups -OCH3 is 1. The van der Waals surface area contributed by atoms with Gasteiger partial charge in [0.25, 0.3) is 11.8 Å². The first-order valence-corrected chi connectivity index (χ1v) is 10.5. The van der Waals surface area contributed by atoms with Crippen molar-refractivity contribution in [1.29, 1.82) is 0 Å². The van der Waals surface area contributed by atoms with Gasteiger partial charge >= 0.3 is 0 Å². The number of nitrogens with zero attached hydrogens (tertiary/aromatic N) is 2. The fourth-order valence-electron chi connectivity index (χ4n) is 3.62. The summed E-state index contributed by atoms with van der Waals surface area (Å²) in [7, 11) is 3.19. The third-order valence-electron chi connectivity index (χ3n) is 5.42. The third-order valence-corrected chi connectivity index (χ3v) is 5.42. The zero-order valence-corrected chi connectivity index (χ0v) is 18.6. The predicted molar refractivity (Wildman–Crippen MR) is 125 cm³/mol. The molecule has 170 valence electrons. The van der Waals surface area contributed by atoms with E-state index in [1.54, 1.807) is 32.4 Å². The highest BCUT2D eigenvalue weighted by molar-refractivity contribution is 5.96. The van der Waals surface area contributed by atoms with E-state index in [9.17, 15) is 9.59 Å². The molecule has 1 aromatic heterocycles. The highest BCUT2D eigenvalue weighted by Gasteiger charge is 2.17. The van der Waals surface area contributed by atoms with E-state index in [1.165, 1.54) is 6.33 Å². The second kappa shape index (κ2) is 9.56. The van der Waals surface area contributed by atoms with Crippen LogP contribution in [0.5, 0.6) is 11.5 Å². The minimum absolute atomic E-state index is 0.00151. The number of aromatic nitrogens is 2. The van der Waals surface area contributed by atoms with Gasteiger partial charge in [0.2, 0.25) is 0 Å². The van der Waals surface area contributed by atoms with Crippen molar-refractivity contribution in [1.82, 2.24) is 15.3 Å². The lowest BCUT2D eigenvalue weighted by molar-refractivity contribution is -0.118. The van der Waals surface area contributed by atoms with Gasteiger partial charge in [-0.1, -0.05) is 19.1 Å². The normalized spacial score (nSPS) is 13.2. The summed E-state index contributed by atoms with van der Waals surface area (Å²) in [5.41, 5.74) is 3.77. The molecular formula is C24H25N5O4. The van der Waals surface area contributed by atoms with Gasteiger partial charge in [-0.3, -0.25) is 9.59 Å². The number of amides is 2. The van der Waals surface area contributed by atoms with Crippen molar-refractivity contribution in [3.8, 4) is 22.8 Å². The van der Waals surface area contributed by atoms with E-state index in [2.05, 4.69) is 32.8 Å². The number of carbonyl (C=O) groups excluding carboxylic acids is 2. The molecule has 0 bridgehead atoms. The Bertz CT molecular complexity index is 1200. The van der Waals surface area contributed by atoms with Crippen molar-refractivity contribution in [2.45, 2.75) is 12.8 Å². The van der Waals surface area contributed by atoms with Crippen molar-refractivity contribution < 1.29 is 19.1 Å². The molecule has 33 heavy (non-hydrogen) atoms. The van der Waals surface area contributed by atoms with Crippen LogP contribution in [0.1, 0.15) is 28.8 Å². The summed E-state index contributed by atoms with van der Waals surface area (Å²) in [5, 5.41) is 8.74. The van der Waals surface area contributed by atoms with Crippen LogP contribution in [-0.4, -0.2) is 49.1 Å². The monoisotopic (exact) mass is 447 g/mol. The summed E-state index contributed by atoms with van der Waals surface area (Å²) >= 11 is 0. The lowest BCUT2D eigenvalue weighted by Crippen LogP contribution is -2.25. The number of rotatable bonds is 7. The SMILES string of the molecule is CNC(=O)c1ccc(C(C)CNc2cc(-c3ccc4c(c3)OCC(=O)N4)ncn2)c(OC)c1. The Kier molecular flexibility index (Phi) is 6.39. The van der Waals surface area contributed by atoms with Gasteiger partial charge in [-0.05, 0) is 29.8 Å². The van der Waals surface area contributed by atoms with E-state index < -0.39 is 0 Å². The van der Waals surface area contributed by atoms with Crippen LogP contribution in [0.3, 0.4) is 0 Å². The van der Waals surface area contributed by atoms with Crippen molar-refractivity contribution in [3.63, 3.8) is 0 Å². The molecule has 4 rings (SSSR count). The van der Waals surface area contributed by atoms with Crippen LogP contribution < -0.4 is 25.4 Å². The Morgan fingerprint density at radius 1 is 1.21 bits per heavy atom. The first-order chi connectivity index (χ1) is 16.0. The molecule has 1 unspecified atom stereocenters. The average molecular weight is 447 g/mol. The van der Waals surface area contributed by atoms with E-state index in [0.29, 0.717) is 35.1 Å². The van der Waals surface area contributed by atoms with Gasteiger partial charge in [0.15, 0.2) is 6.61 Å². The highest BCUT2D eigenvalue weighted by Crippen LogP contribution is 2.33. The van der Waals surface area contributed by atoms with Gasteiger partial charge in [-0.2, -0.15) is 0 Å². The molecule has 1 aliphatic heterocycles. The average Bonchev–Trinajstić information content (AvgIpc) is 2.86. The molecule has 3 N–H and O–H groups in total. The first-order valence-electron chi connectivity index (χ1n) is 10.5. The molecule has 0 saturated heterocycles. The molecule has 9 heteroatoms. The largest absolute Gasteiger partial charge is 0.496 e. The Morgan fingerprint density at radius 2 is 2.06 bits per heavy atom. The lowest BCUT2D eigenvalue weighted by Gasteiger charge is -2.19. The Morgan fingerprint density at radius 3 is 2.85 bits per heavy atom. The molecule has 0 aliphatic carbocycles. The molecule has 2 amide bonds. The zero-order chi connectivity index (χ0) is 23.4.